The molecule has 14 heavy (non-hydrogen) atoms. The Morgan fingerprint density at radius 2 is 1.71 bits per heavy atom. The summed E-state index contributed by atoms with van der Waals surface area (Å²) in [4.78, 5) is 0. The molecule has 77 valence electrons. The highest BCUT2D eigenvalue weighted by molar-refractivity contribution is 7.85. The fraction of sp³-hybridized carbons (Fsp3) is 0.818. The van der Waals surface area contributed by atoms with Crippen LogP contribution >= 0.6 is 15.9 Å². The molecule has 1 radical (unpaired) electrons. The van der Waals surface area contributed by atoms with Gasteiger partial charge in [0, 0.05) is 11.2 Å². The Balaban J connectivity index is 1.98. The normalized spacial score (nSPS) is 26.9. The quantitative estimate of drug-likeness (QED) is 0.563. The van der Waals surface area contributed by atoms with Crippen molar-refractivity contribution in [3.8, 4) is 0 Å². The van der Waals surface area contributed by atoms with Crippen molar-refractivity contribution in [3.63, 3.8) is 0 Å². The van der Waals surface area contributed by atoms with Crippen LogP contribution in [0.25, 0.3) is 0 Å². The molecule has 1 aliphatic heterocycles. The molecule has 2 rings (SSSR count). The second kappa shape index (κ2) is 5.29. The summed E-state index contributed by atoms with van der Waals surface area (Å²) in [5.74, 6) is 0.804. The van der Waals surface area contributed by atoms with Crippen LogP contribution in [0, 0.1) is 5.92 Å². The maximum Gasteiger partial charge on any atom is 0.0699 e. The van der Waals surface area contributed by atoms with Gasteiger partial charge in [-0.3, -0.25) is 0 Å². The summed E-state index contributed by atoms with van der Waals surface area (Å²) in [6.07, 6.45) is 9.97. The first-order valence-corrected chi connectivity index (χ1v) is 8.15. The molecule has 0 N–H and O–H groups in total. The lowest BCUT2D eigenvalue weighted by molar-refractivity contribution is 0.413. The van der Waals surface area contributed by atoms with Gasteiger partial charge in [0.2, 0.25) is 0 Å². The van der Waals surface area contributed by atoms with Crippen LogP contribution in [0.1, 0.15) is 51.9 Å². The lowest BCUT2D eigenvalue weighted by Gasteiger charge is -2.20. The van der Waals surface area contributed by atoms with Crippen molar-refractivity contribution >= 4 is 15.9 Å². The highest BCUT2D eigenvalue weighted by Gasteiger charge is 2.20. The zero-order chi connectivity index (χ0) is 9.80. The van der Waals surface area contributed by atoms with E-state index in [0.29, 0.717) is 0 Å². The van der Waals surface area contributed by atoms with Crippen molar-refractivity contribution in [1.29, 1.82) is 0 Å². The fourth-order valence-corrected chi connectivity index (χ4v) is 4.50. The standard InChI is InChI=1S/C11H18NP2/c1-9-11(12-14-13-9)10-7-5-3-2-4-6-8-10/h10H,2-8H2,1H3. The Hall–Kier alpha value is 0.140. The number of hydrogen-bond acceptors (Lipinski definition) is 0. The van der Waals surface area contributed by atoms with Gasteiger partial charge in [0.25, 0.3) is 0 Å². The van der Waals surface area contributed by atoms with E-state index in [0.717, 1.165) is 5.92 Å². The Kier molecular flexibility index (Phi) is 4.02. The summed E-state index contributed by atoms with van der Waals surface area (Å²) in [6.45, 7) is 2.26. The third-order valence-electron chi connectivity index (χ3n) is 3.21. The number of hydrogen-bond donors (Lipinski definition) is 0. The highest BCUT2D eigenvalue weighted by Crippen LogP contribution is 2.41. The van der Waals surface area contributed by atoms with Gasteiger partial charge in [0.15, 0.2) is 0 Å². The second-order valence-corrected chi connectivity index (χ2v) is 6.69. The Bertz CT molecular complexity index is 250. The predicted octanol–water partition coefficient (Wildman–Crippen LogP) is 4.92. The van der Waals surface area contributed by atoms with E-state index in [-0.39, 0.29) is 0 Å². The van der Waals surface area contributed by atoms with E-state index in [1.807, 2.05) is 0 Å². The summed E-state index contributed by atoms with van der Waals surface area (Å²) in [6, 6.07) is 0. The van der Waals surface area contributed by atoms with Gasteiger partial charge in [-0.05, 0) is 27.6 Å². The zero-order valence-electron chi connectivity index (χ0n) is 8.87. The van der Waals surface area contributed by atoms with Gasteiger partial charge in [-0.2, -0.15) is 0 Å². The monoisotopic (exact) mass is 226 g/mol. The van der Waals surface area contributed by atoms with Crippen LogP contribution in [-0.2, 0) is 0 Å². The van der Waals surface area contributed by atoms with Gasteiger partial charge in [0.1, 0.15) is 0 Å². The lowest BCUT2D eigenvalue weighted by Crippen LogP contribution is -2.10. The maximum absolute atomic E-state index is 4.65. The number of nitrogens with zero attached hydrogens (tertiary/aromatic N) is 1. The maximum atomic E-state index is 4.65. The molecule has 1 fully saturated rings. The molecule has 2 aliphatic rings. The van der Waals surface area contributed by atoms with Crippen LogP contribution in [0.15, 0.2) is 11.0 Å². The zero-order valence-corrected chi connectivity index (χ0v) is 10.7. The van der Waals surface area contributed by atoms with Crippen molar-refractivity contribution < 1.29 is 0 Å². The number of rotatable bonds is 1. The molecule has 0 aromatic rings. The van der Waals surface area contributed by atoms with E-state index >= 15 is 0 Å². The highest BCUT2D eigenvalue weighted by atomic mass is 31.7. The summed E-state index contributed by atoms with van der Waals surface area (Å²) in [7, 11) is 2.70. The summed E-state index contributed by atoms with van der Waals surface area (Å²) in [5.41, 5.74) is 1.47. The van der Waals surface area contributed by atoms with E-state index < -0.39 is 0 Å². The molecule has 0 saturated heterocycles. The minimum atomic E-state index is 0.804. The van der Waals surface area contributed by atoms with E-state index in [9.17, 15) is 0 Å². The first kappa shape index (κ1) is 10.7. The van der Waals surface area contributed by atoms with Crippen LogP contribution in [-0.4, -0.2) is 0 Å². The molecule has 1 saturated carbocycles. The van der Waals surface area contributed by atoms with Crippen molar-refractivity contribution in [2.24, 2.45) is 5.92 Å². The van der Waals surface area contributed by atoms with Gasteiger partial charge in [0.05, 0.1) is 13.7 Å². The predicted molar refractivity (Wildman–Crippen MR) is 64.5 cm³/mol. The van der Waals surface area contributed by atoms with Crippen LogP contribution in [0.4, 0.5) is 0 Å². The molecule has 0 bridgehead atoms. The first-order chi connectivity index (χ1) is 6.88. The van der Waals surface area contributed by atoms with Gasteiger partial charge < -0.3 is 0 Å². The molecule has 3 heteroatoms. The summed E-state index contributed by atoms with van der Waals surface area (Å²) in [5, 5.41) is 6.19. The summed E-state index contributed by atoms with van der Waals surface area (Å²) < 4.78 is 0. The third-order valence-corrected chi connectivity index (χ3v) is 5.57. The molecule has 0 aromatic carbocycles. The van der Waals surface area contributed by atoms with Crippen molar-refractivity contribution in [3.05, 3.63) is 11.0 Å². The molecular formula is C11H18NP2. The van der Waals surface area contributed by atoms with Gasteiger partial charge in [-0.15, -0.1) is 0 Å². The smallest absolute Gasteiger partial charge is 0.0699 e. The van der Waals surface area contributed by atoms with Crippen LogP contribution < -0.4 is 5.09 Å². The molecule has 0 atom stereocenters. The van der Waals surface area contributed by atoms with E-state index in [2.05, 4.69) is 12.0 Å². The molecule has 0 unspecified atom stereocenters. The van der Waals surface area contributed by atoms with Crippen LogP contribution in [0.3, 0.4) is 0 Å². The molecule has 0 amide bonds. The van der Waals surface area contributed by atoms with Gasteiger partial charge in [-0.1, -0.05) is 32.1 Å². The fourth-order valence-electron chi connectivity index (χ4n) is 2.37. The average Bonchev–Trinajstić information content (AvgIpc) is 2.51. The van der Waals surface area contributed by atoms with Gasteiger partial charge in [-0.25, -0.2) is 5.09 Å². The lowest BCUT2D eigenvalue weighted by atomic mass is 9.89. The largest absolute Gasteiger partial charge is 0.226 e. The minimum Gasteiger partial charge on any atom is -0.226 e. The minimum absolute atomic E-state index is 0.804. The SMILES string of the molecule is CC1=C(C2CCCCCCC2)[N]P=P1. The molecular weight excluding hydrogens is 208 g/mol. The van der Waals surface area contributed by atoms with E-state index in [1.54, 1.807) is 0 Å². The van der Waals surface area contributed by atoms with Crippen molar-refractivity contribution in [1.82, 2.24) is 5.09 Å². The van der Waals surface area contributed by atoms with Crippen LogP contribution in [0.5, 0.6) is 0 Å². The van der Waals surface area contributed by atoms with E-state index in [1.165, 1.54) is 71.8 Å². The molecule has 0 aromatic heterocycles. The van der Waals surface area contributed by atoms with Crippen molar-refractivity contribution in [2.75, 3.05) is 0 Å². The van der Waals surface area contributed by atoms with E-state index in [4.69, 9.17) is 0 Å². The van der Waals surface area contributed by atoms with Gasteiger partial charge >= 0.3 is 0 Å². The Labute approximate surface area is 90.2 Å². The van der Waals surface area contributed by atoms with Crippen molar-refractivity contribution in [2.45, 2.75) is 51.9 Å². The first-order valence-electron chi connectivity index (χ1n) is 5.70. The third kappa shape index (κ3) is 2.59. The molecule has 0 spiro atoms. The van der Waals surface area contributed by atoms with Crippen LogP contribution in [0.2, 0.25) is 0 Å². The molecule has 1 nitrogen and oxygen atoms in total. The molecule has 1 heterocycles. The average molecular weight is 226 g/mol. The Morgan fingerprint density at radius 3 is 2.29 bits per heavy atom. The molecule has 1 aliphatic carbocycles. The summed E-state index contributed by atoms with van der Waals surface area (Å²) >= 11 is 0. The Morgan fingerprint density at radius 1 is 1.07 bits per heavy atom. The number of allylic oxidation sites excluding steroid dienone is 2. The second-order valence-electron chi connectivity index (χ2n) is 4.30. The topological polar surface area (TPSA) is 14.1 Å².